The second kappa shape index (κ2) is 6.70. The number of rotatable bonds is 3. The molecule has 7 nitrogen and oxygen atoms in total. The minimum absolute atomic E-state index is 0.151. The fourth-order valence-electron chi connectivity index (χ4n) is 3.08. The molecule has 0 atom stereocenters. The third kappa shape index (κ3) is 2.72. The van der Waals surface area contributed by atoms with Crippen LogP contribution in [0.4, 0.5) is 5.69 Å². The number of nitro groups is 1. The zero-order valence-corrected chi connectivity index (χ0v) is 15.4. The maximum atomic E-state index is 12.8. The van der Waals surface area contributed by atoms with E-state index in [1.54, 1.807) is 18.2 Å². The van der Waals surface area contributed by atoms with Crippen molar-refractivity contribution in [3.05, 3.63) is 85.4 Å². The highest BCUT2D eigenvalue weighted by Crippen LogP contribution is 2.35. The smallest absolute Gasteiger partial charge is 0.267 e. The highest BCUT2D eigenvalue weighted by atomic mass is 35.5. The van der Waals surface area contributed by atoms with Crippen molar-refractivity contribution in [3.63, 3.8) is 0 Å². The van der Waals surface area contributed by atoms with Gasteiger partial charge in [0.1, 0.15) is 0 Å². The predicted molar refractivity (Wildman–Crippen MR) is 105 cm³/mol. The third-order valence-corrected chi connectivity index (χ3v) is 5.02. The summed E-state index contributed by atoms with van der Waals surface area (Å²) < 4.78 is 0. The zero-order valence-electron chi connectivity index (χ0n) is 13.9. The Morgan fingerprint density at radius 2 is 1.54 bits per heavy atom. The van der Waals surface area contributed by atoms with E-state index in [0.717, 1.165) is 0 Å². The number of nitrogens with zero attached hydrogens (tertiary/aromatic N) is 3. The molecule has 0 unspecified atom stereocenters. The lowest BCUT2D eigenvalue weighted by Crippen LogP contribution is -2.36. The van der Waals surface area contributed by atoms with Crippen LogP contribution in [-0.2, 0) is 0 Å². The van der Waals surface area contributed by atoms with Gasteiger partial charge in [0, 0.05) is 17.0 Å². The average Bonchev–Trinajstić information content (AvgIpc) is 2.67. The molecule has 0 fully saturated rings. The van der Waals surface area contributed by atoms with Crippen molar-refractivity contribution in [2.75, 3.05) is 0 Å². The zero-order chi connectivity index (χ0) is 20.0. The van der Waals surface area contributed by atoms with E-state index in [9.17, 15) is 19.7 Å². The van der Waals surface area contributed by atoms with Crippen LogP contribution >= 0.6 is 23.2 Å². The fraction of sp³-hybridized carbons (Fsp3) is 0. The number of carbonyl (C=O) groups is 2. The van der Waals surface area contributed by atoms with Crippen molar-refractivity contribution in [1.29, 1.82) is 0 Å². The summed E-state index contributed by atoms with van der Waals surface area (Å²) in [5.41, 5.74) is 0.483. The van der Waals surface area contributed by atoms with Gasteiger partial charge in [0.2, 0.25) is 0 Å². The summed E-state index contributed by atoms with van der Waals surface area (Å²) in [5.74, 6) is -1.38. The van der Waals surface area contributed by atoms with Crippen LogP contribution in [0.15, 0.2) is 53.6 Å². The SMILES string of the molecule is O=C1c2cccc3c([N+](=O)[O-])ccc(c23)C(=O)N1N=Cc1c(Cl)cccc1Cl. The van der Waals surface area contributed by atoms with Crippen LogP contribution in [0.5, 0.6) is 0 Å². The molecule has 4 rings (SSSR count). The predicted octanol–water partition coefficient (Wildman–Crippen LogP) is 4.68. The molecule has 1 aliphatic rings. The molecule has 0 aliphatic carbocycles. The number of carbonyl (C=O) groups excluding carboxylic acids is 2. The molecule has 0 bridgehead atoms. The van der Waals surface area contributed by atoms with Gasteiger partial charge in [-0.25, -0.2) is 0 Å². The Bertz CT molecular complexity index is 1180. The first kappa shape index (κ1) is 18.1. The van der Waals surface area contributed by atoms with Gasteiger partial charge in [0.15, 0.2) is 0 Å². The Labute approximate surface area is 167 Å². The van der Waals surface area contributed by atoms with Gasteiger partial charge in [-0.15, -0.1) is 0 Å². The number of hydrazone groups is 1. The molecule has 9 heteroatoms. The van der Waals surface area contributed by atoms with E-state index in [-0.39, 0.29) is 27.6 Å². The first-order valence-electron chi connectivity index (χ1n) is 7.97. The van der Waals surface area contributed by atoms with Crippen molar-refractivity contribution in [2.45, 2.75) is 0 Å². The Kier molecular flexibility index (Phi) is 4.33. The quantitative estimate of drug-likeness (QED) is 0.269. The summed E-state index contributed by atoms with van der Waals surface area (Å²) in [6.45, 7) is 0. The van der Waals surface area contributed by atoms with Crippen molar-refractivity contribution in [1.82, 2.24) is 5.01 Å². The molecule has 0 N–H and O–H groups in total. The van der Waals surface area contributed by atoms with E-state index in [2.05, 4.69) is 5.10 Å². The number of nitro benzene ring substituents is 1. The Balaban J connectivity index is 1.85. The van der Waals surface area contributed by atoms with Crippen LogP contribution in [0.25, 0.3) is 10.8 Å². The number of non-ortho nitro benzene ring substituents is 1. The van der Waals surface area contributed by atoms with Crippen LogP contribution in [0.2, 0.25) is 10.0 Å². The summed E-state index contributed by atoms with van der Waals surface area (Å²) in [7, 11) is 0. The van der Waals surface area contributed by atoms with Crippen molar-refractivity contribution >= 4 is 57.7 Å². The fourth-order valence-corrected chi connectivity index (χ4v) is 3.58. The van der Waals surface area contributed by atoms with Gasteiger partial charge in [-0.1, -0.05) is 35.3 Å². The van der Waals surface area contributed by atoms with Crippen LogP contribution < -0.4 is 0 Å². The number of hydrogen-bond acceptors (Lipinski definition) is 5. The number of imide groups is 1. The lowest BCUT2D eigenvalue weighted by atomic mass is 9.94. The van der Waals surface area contributed by atoms with E-state index in [1.807, 2.05) is 0 Å². The molecule has 0 radical (unpaired) electrons. The second-order valence-electron chi connectivity index (χ2n) is 5.92. The topological polar surface area (TPSA) is 92.9 Å². The summed E-state index contributed by atoms with van der Waals surface area (Å²) in [6, 6.07) is 11.9. The maximum Gasteiger partial charge on any atom is 0.282 e. The molecule has 0 saturated heterocycles. The lowest BCUT2D eigenvalue weighted by Gasteiger charge is -2.23. The second-order valence-corrected chi connectivity index (χ2v) is 6.73. The van der Waals surface area contributed by atoms with Gasteiger partial charge in [-0.05, 0) is 30.3 Å². The molecular weight excluding hydrogens is 405 g/mol. The number of amides is 2. The van der Waals surface area contributed by atoms with E-state index < -0.39 is 16.7 Å². The van der Waals surface area contributed by atoms with Gasteiger partial charge >= 0.3 is 0 Å². The third-order valence-electron chi connectivity index (χ3n) is 4.36. The van der Waals surface area contributed by atoms with Crippen LogP contribution in [0.1, 0.15) is 26.3 Å². The van der Waals surface area contributed by atoms with Gasteiger partial charge in [-0.3, -0.25) is 19.7 Å². The summed E-state index contributed by atoms with van der Waals surface area (Å²) in [4.78, 5) is 36.4. The normalized spacial score (nSPS) is 13.6. The van der Waals surface area contributed by atoms with E-state index in [4.69, 9.17) is 23.2 Å². The van der Waals surface area contributed by atoms with Crippen LogP contribution in [0, 0.1) is 10.1 Å². The summed E-state index contributed by atoms with van der Waals surface area (Å²) in [5, 5.41) is 17.0. The van der Waals surface area contributed by atoms with Gasteiger partial charge in [-0.2, -0.15) is 10.1 Å². The largest absolute Gasteiger partial charge is 0.282 e. The van der Waals surface area contributed by atoms with Crippen molar-refractivity contribution in [2.24, 2.45) is 5.10 Å². The number of benzene rings is 3. The van der Waals surface area contributed by atoms with Gasteiger partial charge in [0.05, 0.1) is 37.7 Å². The standard InChI is InChI=1S/C19H9Cl2N3O4/c20-14-5-2-6-15(21)13(14)9-22-23-18(25)11-4-1-3-10-16(24(27)28)8-7-12(17(10)11)19(23)26/h1-9H. The Morgan fingerprint density at radius 1 is 0.929 bits per heavy atom. The average molecular weight is 414 g/mol. The van der Waals surface area contributed by atoms with Crippen LogP contribution in [-0.4, -0.2) is 28.0 Å². The molecule has 0 aromatic heterocycles. The summed E-state index contributed by atoms with van der Waals surface area (Å²) >= 11 is 12.2. The molecule has 1 heterocycles. The van der Waals surface area contributed by atoms with E-state index in [0.29, 0.717) is 20.6 Å². The minimum Gasteiger partial charge on any atom is -0.267 e. The number of halogens is 2. The molecule has 1 aliphatic heterocycles. The highest BCUT2D eigenvalue weighted by molar-refractivity contribution is 6.38. The molecular formula is C19H9Cl2N3O4. The maximum absolute atomic E-state index is 12.8. The van der Waals surface area contributed by atoms with Crippen LogP contribution in [0.3, 0.4) is 0 Å². The number of hydrogen-bond donors (Lipinski definition) is 0. The van der Waals surface area contributed by atoms with Gasteiger partial charge < -0.3 is 0 Å². The minimum atomic E-state index is -0.692. The molecule has 0 spiro atoms. The lowest BCUT2D eigenvalue weighted by molar-refractivity contribution is -0.383. The van der Waals surface area contributed by atoms with E-state index in [1.165, 1.54) is 36.5 Å². The first-order valence-corrected chi connectivity index (χ1v) is 8.72. The Hall–Kier alpha value is -3.29. The molecule has 3 aromatic carbocycles. The molecule has 138 valence electrons. The Morgan fingerprint density at radius 3 is 2.18 bits per heavy atom. The molecule has 28 heavy (non-hydrogen) atoms. The highest BCUT2D eigenvalue weighted by Gasteiger charge is 2.34. The monoisotopic (exact) mass is 413 g/mol. The molecule has 3 aromatic rings. The van der Waals surface area contributed by atoms with Gasteiger partial charge in [0.25, 0.3) is 17.5 Å². The van der Waals surface area contributed by atoms with Crippen molar-refractivity contribution < 1.29 is 14.5 Å². The van der Waals surface area contributed by atoms with Crippen molar-refractivity contribution in [3.8, 4) is 0 Å². The first-order chi connectivity index (χ1) is 13.4. The molecule has 0 saturated carbocycles. The molecule has 2 amide bonds. The van der Waals surface area contributed by atoms with E-state index >= 15 is 0 Å². The summed E-state index contributed by atoms with van der Waals surface area (Å²) in [6.07, 6.45) is 1.23.